The Labute approximate surface area is 317 Å². The molecule has 7 nitrogen and oxygen atoms in total. The molecule has 8 aliphatic carbocycles. The minimum absolute atomic E-state index is 0.00469. The highest BCUT2D eigenvalue weighted by molar-refractivity contribution is 5.92. The van der Waals surface area contributed by atoms with Crippen LogP contribution < -0.4 is 0 Å². The molecule has 1 N–H and O–H groups in total. The van der Waals surface area contributed by atoms with Gasteiger partial charge in [0.2, 0.25) is 0 Å². The molecule has 14 atom stereocenters. The summed E-state index contributed by atoms with van der Waals surface area (Å²) in [6.07, 6.45) is 16.5. The summed E-state index contributed by atoms with van der Waals surface area (Å²) in [5.41, 5.74) is 0.324. The molecule has 53 heavy (non-hydrogen) atoms. The van der Waals surface area contributed by atoms with Crippen molar-refractivity contribution in [2.24, 2.45) is 69.0 Å². The summed E-state index contributed by atoms with van der Waals surface area (Å²) in [5, 5.41) is 11.2. The van der Waals surface area contributed by atoms with Gasteiger partial charge in [-0.15, -0.1) is 0 Å². The first-order valence-corrected chi connectivity index (χ1v) is 21.1. The molecule has 6 fully saturated rings. The molecular weight excluding hydrogens is 664 g/mol. The molecule has 6 saturated carbocycles. The summed E-state index contributed by atoms with van der Waals surface area (Å²) < 4.78 is 5.84. The maximum atomic E-state index is 12.8. The summed E-state index contributed by atoms with van der Waals surface area (Å²) in [7, 11) is 0. The molecule has 0 heterocycles. The van der Waals surface area contributed by atoms with Crippen LogP contribution in [-0.4, -0.2) is 45.4 Å². The van der Waals surface area contributed by atoms with Crippen LogP contribution in [0.15, 0.2) is 23.3 Å². The van der Waals surface area contributed by atoms with Crippen molar-refractivity contribution in [2.75, 3.05) is 0 Å². The van der Waals surface area contributed by atoms with Gasteiger partial charge in [-0.3, -0.25) is 24.0 Å². The molecule has 292 valence electrons. The van der Waals surface area contributed by atoms with E-state index in [4.69, 9.17) is 4.74 Å². The first-order chi connectivity index (χ1) is 24.7. The Morgan fingerprint density at radius 2 is 1.06 bits per heavy atom. The summed E-state index contributed by atoms with van der Waals surface area (Å²) in [5.74, 6) is 4.10. The third kappa shape index (κ3) is 5.37. The van der Waals surface area contributed by atoms with Crippen LogP contribution in [0.2, 0.25) is 0 Å². The number of carbonyl (C=O) groups is 5. The standard InChI is InChI=1S/C24H34O4.C22H32O3/c1-14-12-18-19(22(4)9-6-17(27)13-21(14)22)7-10-23(5)20(18)8-11-24(23,15(2)25)28-16(3)26;1-13-11-16-17(20(3)8-5-15(24)12-19(13)20)6-9-21(4)18(16)7-10-22(21,25)14(2)23/h13-14,18-20H,6-12H2,1-5H3;12-13,16-18,25H,5-11H2,1-4H3/t14-,18+,19-,20-,22+,23-,24-;13-,16+,17-,18-,20+,21-,22-/m00/s1. The fraction of sp³-hybridized carbons (Fsp3) is 0.804. The number of esters is 1. The fourth-order valence-corrected chi connectivity index (χ4v) is 15.6. The summed E-state index contributed by atoms with van der Waals surface area (Å²) in [4.78, 5) is 61.1. The van der Waals surface area contributed by atoms with Crippen LogP contribution in [-0.2, 0) is 28.7 Å². The van der Waals surface area contributed by atoms with E-state index in [1.807, 2.05) is 12.2 Å². The van der Waals surface area contributed by atoms with E-state index in [0.29, 0.717) is 78.8 Å². The van der Waals surface area contributed by atoms with Crippen molar-refractivity contribution in [1.29, 1.82) is 0 Å². The number of carbonyl (C=O) groups excluding carboxylic acids is 5. The van der Waals surface area contributed by atoms with Gasteiger partial charge in [0.15, 0.2) is 28.7 Å². The number of aliphatic hydroxyl groups is 1. The van der Waals surface area contributed by atoms with Crippen LogP contribution in [0.5, 0.6) is 0 Å². The van der Waals surface area contributed by atoms with Gasteiger partial charge in [0.1, 0.15) is 5.60 Å². The number of hydrogen-bond acceptors (Lipinski definition) is 7. The molecule has 0 aromatic rings. The van der Waals surface area contributed by atoms with Crippen molar-refractivity contribution in [3.63, 3.8) is 0 Å². The lowest BCUT2D eigenvalue weighted by Crippen LogP contribution is -2.59. The maximum Gasteiger partial charge on any atom is 0.303 e. The van der Waals surface area contributed by atoms with Crippen LogP contribution in [0, 0.1) is 69.0 Å². The molecule has 0 aliphatic heterocycles. The number of ether oxygens (including phenoxy) is 1. The SMILES string of the molecule is CC(=O)O[C@]1(C(C)=O)CC[C@H]2[C@@H]3C[C@H](C)C4=CC(=O)CC[C@]4(C)[C@H]3CC[C@@]21C.CC(=O)[C@@]1(O)CC[C@H]2[C@@H]3C[C@H](C)C4=CC(=O)CC[C@]4(C)[C@H]3CC[C@@]21C. The molecule has 8 aliphatic rings. The molecule has 0 saturated heterocycles. The number of Topliss-reactive ketones (excluding diaryl/α,β-unsaturated/α-hetero) is 2. The molecule has 8 rings (SSSR count). The van der Waals surface area contributed by atoms with Crippen molar-refractivity contribution >= 4 is 29.1 Å². The van der Waals surface area contributed by atoms with Gasteiger partial charge in [-0.2, -0.15) is 0 Å². The van der Waals surface area contributed by atoms with E-state index in [-0.39, 0.29) is 45.0 Å². The van der Waals surface area contributed by atoms with Crippen LogP contribution in [0.3, 0.4) is 0 Å². The number of hydrogen-bond donors (Lipinski definition) is 1. The van der Waals surface area contributed by atoms with E-state index in [1.165, 1.54) is 18.1 Å². The highest BCUT2D eigenvalue weighted by Crippen LogP contribution is 2.70. The molecule has 0 spiro atoms. The Morgan fingerprint density at radius 3 is 1.51 bits per heavy atom. The van der Waals surface area contributed by atoms with Crippen molar-refractivity contribution in [3.8, 4) is 0 Å². The van der Waals surface area contributed by atoms with Gasteiger partial charge in [-0.05, 0) is 161 Å². The average molecular weight is 731 g/mol. The van der Waals surface area contributed by atoms with Gasteiger partial charge < -0.3 is 9.84 Å². The van der Waals surface area contributed by atoms with Crippen LogP contribution in [0.1, 0.15) is 152 Å². The Morgan fingerprint density at radius 1 is 0.623 bits per heavy atom. The third-order valence-corrected chi connectivity index (χ3v) is 18.3. The van der Waals surface area contributed by atoms with Crippen molar-refractivity contribution in [2.45, 2.75) is 163 Å². The Balaban J connectivity index is 0.000000165. The Kier molecular flexibility index (Phi) is 9.39. The first-order valence-electron chi connectivity index (χ1n) is 21.1. The number of rotatable bonds is 3. The van der Waals surface area contributed by atoms with E-state index in [9.17, 15) is 29.1 Å². The smallest absolute Gasteiger partial charge is 0.303 e. The predicted octanol–water partition coefficient (Wildman–Crippen LogP) is 8.74. The van der Waals surface area contributed by atoms with E-state index in [2.05, 4.69) is 41.5 Å². The zero-order valence-corrected chi connectivity index (χ0v) is 34.1. The molecule has 0 radical (unpaired) electrons. The Hall–Kier alpha value is -2.41. The second-order valence-electron chi connectivity index (χ2n) is 20.4. The summed E-state index contributed by atoms with van der Waals surface area (Å²) in [6, 6.07) is 0. The van der Waals surface area contributed by atoms with Gasteiger partial charge in [0.25, 0.3) is 0 Å². The van der Waals surface area contributed by atoms with E-state index < -0.39 is 11.2 Å². The maximum absolute atomic E-state index is 12.8. The van der Waals surface area contributed by atoms with Gasteiger partial charge >= 0.3 is 5.97 Å². The number of fused-ring (bicyclic) bond motifs is 10. The van der Waals surface area contributed by atoms with E-state index in [0.717, 1.165) is 64.2 Å². The molecule has 0 amide bonds. The largest absolute Gasteiger partial charge is 0.451 e. The first kappa shape index (κ1) is 38.8. The second kappa shape index (κ2) is 12.8. The lowest BCUT2D eigenvalue weighted by atomic mass is 9.44. The van der Waals surface area contributed by atoms with Gasteiger partial charge in [0.05, 0.1) is 0 Å². The van der Waals surface area contributed by atoms with Gasteiger partial charge in [-0.25, -0.2) is 0 Å². The minimum Gasteiger partial charge on any atom is -0.451 e. The fourth-order valence-electron chi connectivity index (χ4n) is 15.6. The second-order valence-corrected chi connectivity index (χ2v) is 20.4. The molecule has 7 heteroatoms. The zero-order valence-electron chi connectivity index (χ0n) is 34.1. The third-order valence-electron chi connectivity index (χ3n) is 18.3. The molecule has 0 bridgehead atoms. The molecule has 0 aromatic carbocycles. The van der Waals surface area contributed by atoms with E-state index >= 15 is 0 Å². The molecular formula is C46H66O7. The summed E-state index contributed by atoms with van der Waals surface area (Å²) >= 11 is 0. The van der Waals surface area contributed by atoms with Crippen molar-refractivity contribution in [3.05, 3.63) is 23.3 Å². The zero-order chi connectivity index (χ0) is 38.7. The lowest BCUT2D eigenvalue weighted by molar-refractivity contribution is -0.187. The van der Waals surface area contributed by atoms with Crippen molar-refractivity contribution in [1.82, 2.24) is 0 Å². The normalized spacial score (nSPS) is 49.6. The predicted molar refractivity (Wildman–Crippen MR) is 203 cm³/mol. The van der Waals surface area contributed by atoms with Gasteiger partial charge in [0, 0.05) is 30.6 Å². The minimum atomic E-state index is -1.13. The van der Waals surface area contributed by atoms with Crippen molar-refractivity contribution < 1.29 is 33.8 Å². The van der Waals surface area contributed by atoms with E-state index in [1.54, 1.807) is 13.8 Å². The highest BCUT2D eigenvalue weighted by Gasteiger charge is 2.69. The monoisotopic (exact) mass is 730 g/mol. The van der Waals surface area contributed by atoms with Gasteiger partial charge in [-0.1, -0.05) is 52.7 Å². The number of allylic oxidation sites excluding steroid dienone is 2. The van der Waals surface area contributed by atoms with Crippen LogP contribution in [0.4, 0.5) is 0 Å². The van der Waals surface area contributed by atoms with Crippen LogP contribution in [0.25, 0.3) is 0 Å². The highest BCUT2D eigenvalue weighted by atomic mass is 16.6. The Bertz CT molecular complexity index is 1670. The number of ketones is 4. The molecule has 0 unspecified atom stereocenters. The summed E-state index contributed by atoms with van der Waals surface area (Å²) in [6.45, 7) is 18.3. The molecule has 0 aromatic heterocycles. The topological polar surface area (TPSA) is 115 Å². The lowest BCUT2D eigenvalue weighted by Gasteiger charge is -2.60. The quantitative estimate of drug-likeness (QED) is 0.289. The van der Waals surface area contributed by atoms with Crippen LogP contribution >= 0.6 is 0 Å². The average Bonchev–Trinajstić information content (AvgIpc) is 3.54.